The maximum absolute atomic E-state index is 10.5. The largest absolute Gasteiger partial charge is 0.270 e. The van der Waals surface area contributed by atoms with Gasteiger partial charge in [0, 0.05) is 22.3 Å². The van der Waals surface area contributed by atoms with Gasteiger partial charge in [0.05, 0.1) is 4.92 Å². The number of benzene rings is 1. The average molecular weight is 229 g/mol. The Kier molecular flexibility index (Phi) is 4.28. The van der Waals surface area contributed by atoms with Crippen molar-refractivity contribution in [2.75, 3.05) is 0 Å². The molecule has 0 amide bonds. The summed E-state index contributed by atoms with van der Waals surface area (Å²) < 4.78 is 0. The number of non-ortho nitro benzene ring substituents is 1. The molecule has 0 fully saturated rings. The zero-order valence-electron chi connectivity index (χ0n) is 7.97. The van der Waals surface area contributed by atoms with Crippen molar-refractivity contribution >= 4 is 27.3 Å². The van der Waals surface area contributed by atoms with E-state index in [-0.39, 0.29) is 10.6 Å². The van der Waals surface area contributed by atoms with Gasteiger partial charge in [0.2, 0.25) is 0 Å². The van der Waals surface area contributed by atoms with Gasteiger partial charge < -0.3 is 0 Å². The molecule has 0 unspecified atom stereocenters. The third-order valence-electron chi connectivity index (χ3n) is 1.37. The highest BCUT2D eigenvalue weighted by molar-refractivity contribution is 8.76. The van der Waals surface area contributed by atoms with E-state index in [9.17, 15) is 10.1 Å². The Balaban J connectivity index is 2.69. The molecule has 0 radical (unpaired) electrons. The number of nitro groups is 1. The molecule has 76 valence electrons. The van der Waals surface area contributed by atoms with Gasteiger partial charge in [0.25, 0.3) is 5.69 Å². The molecular weight excluding hydrogens is 218 g/mol. The second-order valence-corrected chi connectivity index (χ2v) is 5.83. The van der Waals surface area contributed by atoms with E-state index in [0.717, 1.165) is 4.90 Å². The fourth-order valence-corrected chi connectivity index (χ4v) is 2.63. The van der Waals surface area contributed by atoms with Crippen molar-refractivity contribution in [3.05, 3.63) is 34.4 Å². The average Bonchev–Trinajstić information content (AvgIpc) is 2.15. The van der Waals surface area contributed by atoms with Crippen molar-refractivity contribution in [1.82, 2.24) is 0 Å². The molecule has 0 spiro atoms. The van der Waals surface area contributed by atoms with Gasteiger partial charge in [-0.3, -0.25) is 10.1 Å². The van der Waals surface area contributed by atoms with Crippen LogP contribution in [-0.4, -0.2) is 10.2 Å². The number of hydrogen-bond acceptors (Lipinski definition) is 4. The van der Waals surface area contributed by atoms with E-state index in [1.807, 2.05) is 6.07 Å². The van der Waals surface area contributed by atoms with Crippen LogP contribution in [-0.2, 0) is 0 Å². The SMILES string of the molecule is CC(C)SSc1cccc([N+](=O)[O-])c1. The van der Waals surface area contributed by atoms with Crippen LogP contribution in [0.25, 0.3) is 0 Å². The Morgan fingerprint density at radius 2 is 2.14 bits per heavy atom. The van der Waals surface area contributed by atoms with Crippen molar-refractivity contribution in [1.29, 1.82) is 0 Å². The number of nitro benzene ring substituents is 1. The summed E-state index contributed by atoms with van der Waals surface area (Å²) in [6, 6.07) is 6.69. The van der Waals surface area contributed by atoms with E-state index in [1.54, 1.807) is 33.7 Å². The zero-order valence-corrected chi connectivity index (χ0v) is 9.60. The Morgan fingerprint density at radius 3 is 2.71 bits per heavy atom. The lowest BCUT2D eigenvalue weighted by molar-refractivity contribution is -0.385. The third-order valence-corrected chi connectivity index (χ3v) is 4.31. The molecule has 0 aliphatic carbocycles. The molecular formula is C9H11NO2S2. The summed E-state index contributed by atoms with van der Waals surface area (Å²) >= 11 is 0. The van der Waals surface area contributed by atoms with Gasteiger partial charge in [0.15, 0.2) is 0 Å². The molecule has 0 atom stereocenters. The first-order valence-electron chi connectivity index (χ1n) is 4.17. The standard InChI is InChI=1S/C9H11NO2S2/c1-7(2)13-14-9-5-3-4-8(6-9)10(11)12/h3-7H,1-2H3. The van der Waals surface area contributed by atoms with Gasteiger partial charge in [-0.15, -0.1) is 0 Å². The smallest absolute Gasteiger partial charge is 0.258 e. The molecule has 0 saturated carbocycles. The van der Waals surface area contributed by atoms with Gasteiger partial charge in [-0.1, -0.05) is 41.5 Å². The summed E-state index contributed by atoms with van der Waals surface area (Å²) in [6.07, 6.45) is 0. The number of hydrogen-bond donors (Lipinski definition) is 0. The van der Waals surface area contributed by atoms with E-state index in [0.29, 0.717) is 5.25 Å². The first-order valence-corrected chi connectivity index (χ1v) is 6.38. The van der Waals surface area contributed by atoms with E-state index >= 15 is 0 Å². The van der Waals surface area contributed by atoms with E-state index in [1.165, 1.54) is 6.07 Å². The second kappa shape index (κ2) is 5.26. The molecule has 1 aromatic carbocycles. The third kappa shape index (κ3) is 3.59. The highest BCUT2D eigenvalue weighted by atomic mass is 33.1. The van der Waals surface area contributed by atoms with Crippen LogP contribution in [0.15, 0.2) is 29.2 Å². The van der Waals surface area contributed by atoms with Crippen molar-refractivity contribution in [2.24, 2.45) is 0 Å². The molecule has 0 heterocycles. The fraction of sp³-hybridized carbons (Fsp3) is 0.333. The molecule has 0 aromatic heterocycles. The molecule has 1 aromatic rings. The normalized spacial score (nSPS) is 10.5. The van der Waals surface area contributed by atoms with Crippen LogP contribution in [0.4, 0.5) is 5.69 Å². The van der Waals surface area contributed by atoms with E-state index < -0.39 is 0 Å². The number of nitrogens with zero attached hydrogens (tertiary/aromatic N) is 1. The summed E-state index contributed by atoms with van der Waals surface area (Å²) in [6.45, 7) is 4.18. The van der Waals surface area contributed by atoms with Gasteiger partial charge in [-0.2, -0.15) is 0 Å². The lowest BCUT2D eigenvalue weighted by atomic mass is 10.3. The molecule has 14 heavy (non-hydrogen) atoms. The summed E-state index contributed by atoms with van der Waals surface area (Å²) in [4.78, 5) is 11.0. The van der Waals surface area contributed by atoms with E-state index in [2.05, 4.69) is 13.8 Å². The quantitative estimate of drug-likeness (QED) is 0.448. The van der Waals surface area contributed by atoms with E-state index in [4.69, 9.17) is 0 Å². The van der Waals surface area contributed by atoms with Crippen molar-refractivity contribution in [2.45, 2.75) is 24.0 Å². The Morgan fingerprint density at radius 1 is 1.43 bits per heavy atom. The van der Waals surface area contributed by atoms with Crippen LogP contribution in [0.3, 0.4) is 0 Å². The molecule has 0 aliphatic rings. The highest BCUT2D eigenvalue weighted by Gasteiger charge is 2.06. The van der Waals surface area contributed by atoms with Gasteiger partial charge in [-0.25, -0.2) is 0 Å². The molecule has 0 saturated heterocycles. The minimum Gasteiger partial charge on any atom is -0.258 e. The lowest BCUT2D eigenvalue weighted by Crippen LogP contribution is -1.87. The van der Waals surface area contributed by atoms with Crippen molar-refractivity contribution < 1.29 is 4.92 Å². The topological polar surface area (TPSA) is 43.1 Å². The van der Waals surface area contributed by atoms with Gasteiger partial charge in [-0.05, 0) is 6.07 Å². The molecule has 0 N–H and O–H groups in total. The van der Waals surface area contributed by atoms with Gasteiger partial charge in [0.1, 0.15) is 0 Å². The monoisotopic (exact) mass is 229 g/mol. The maximum Gasteiger partial charge on any atom is 0.270 e. The first-order chi connectivity index (χ1) is 6.59. The van der Waals surface area contributed by atoms with Crippen LogP contribution in [0.1, 0.15) is 13.8 Å². The molecule has 5 heteroatoms. The summed E-state index contributed by atoms with van der Waals surface area (Å²) in [7, 11) is 3.27. The van der Waals surface area contributed by atoms with Crippen LogP contribution in [0.5, 0.6) is 0 Å². The Hall–Kier alpha value is -0.680. The fourth-order valence-electron chi connectivity index (χ4n) is 0.801. The van der Waals surface area contributed by atoms with Gasteiger partial charge >= 0.3 is 0 Å². The van der Waals surface area contributed by atoms with Crippen molar-refractivity contribution in [3.8, 4) is 0 Å². The van der Waals surface area contributed by atoms with Crippen LogP contribution >= 0.6 is 21.6 Å². The number of rotatable bonds is 4. The van der Waals surface area contributed by atoms with Crippen LogP contribution < -0.4 is 0 Å². The molecule has 3 nitrogen and oxygen atoms in total. The molecule has 0 aliphatic heterocycles. The van der Waals surface area contributed by atoms with Crippen LogP contribution in [0.2, 0.25) is 0 Å². The minimum atomic E-state index is -0.371. The summed E-state index contributed by atoms with van der Waals surface area (Å²) in [5.41, 5.74) is 0.152. The predicted molar refractivity (Wildman–Crippen MR) is 61.7 cm³/mol. The zero-order chi connectivity index (χ0) is 10.6. The Labute approximate surface area is 90.8 Å². The highest BCUT2D eigenvalue weighted by Crippen LogP contribution is 2.35. The predicted octanol–water partition coefficient (Wildman–Crippen LogP) is 3.74. The maximum atomic E-state index is 10.5. The summed E-state index contributed by atoms with van der Waals surface area (Å²) in [5.74, 6) is 0. The second-order valence-electron chi connectivity index (χ2n) is 2.98. The minimum absolute atomic E-state index is 0.152. The summed E-state index contributed by atoms with van der Waals surface area (Å²) in [5, 5.41) is 11.0. The lowest BCUT2D eigenvalue weighted by Gasteiger charge is -2.02. The van der Waals surface area contributed by atoms with Crippen LogP contribution in [0, 0.1) is 10.1 Å². The Bertz CT molecular complexity index is 328. The molecule has 1 rings (SSSR count). The first kappa shape index (κ1) is 11.4. The van der Waals surface area contributed by atoms with Crippen molar-refractivity contribution in [3.63, 3.8) is 0 Å². The molecule has 0 bridgehead atoms.